The maximum Gasteiger partial charge on any atom is 0.0314 e. The summed E-state index contributed by atoms with van der Waals surface area (Å²) in [5.74, 6) is 0. The molecule has 1 aromatic rings. The van der Waals surface area contributed by atoms with Crippen molar-refractivity contribution >= 4 is 5.69 Å². The van der Waals surface area contributed by atoms with Crippen molar-refractivity contribution in [3.05, 3.63) is 29.8 Å². The molecule has 0 radical (unpaired) electrons. The summed E-state index contributed by atoms with van der Waals surface area (Å²) in [6, 6.07) is 8.93. The molecule has 2 N–H and O–H groups in total. The molecular formula is C14H24N2. The molecule has 0 saturated heterocycles. The quantitative estimate of drug-likeness (QED) is 0.747. The molecule has 2 heteroatoms. The number of aryl methyl sites for hydroxylation is 1. The standard InChI is InChI=1S/C14H24N2/c1-4-5-14(16(2)3)11-8-12-6-9-13(15)10-7-12/h6-7,9-10,14H,4-5,8,11,15H2,1-3H3. The number of rotatable bonds is 6. The first-order valence-electron chi connectivity index (χ1n) is 6.14. The summed E-state index contributed by atoms with van der Waals surface area (Å²) in [6.07, 6.45) is 4.90. The number of nitrogens with zero attached hydrogens (tertiary/aromatic N) is 1. The van der Waals surface area contributed by atoms with Gasteiger partial charge in [-0.25, -0.2) is 0 Å². The number of nitrogens with two attached hydrogens (primary N) is 1. The van der Waals surface area contributed by atoms with Crippen LogP contribution in [0.15, 0.2) is 24.3 Å². The van der Waals surface area contributed by atoms with E-state index >= 15 is 0 Å². The average molecular weight is 220 g/mol. The Morgan fingerprint density at radius 1 is 1.12 bits per heavy atom. The third-order valence-electron chi connectivity index (χ3n) is 3.10. The molecule has 0 aromatic heterocycles. The largest absolute Gasteiger partial charge is 0.399 e. The van der Waals surface area contributed by atoms with Gasteiger partial charge in [-0.15, -0.1) is 0 Å². The molecule has 1 unspecified atom stereocenters. The number of benzene rings is 1. The zero-order valence-corrected chi connectivity index (χ0v) is 10.7. The lowest BCUT2D eigenvalue weighted by Gasteiger charge is -2.23. The van der Waals surface area contributed by atoms with Crippen molar-refractivity contribution in [3.8, 4) is 0 Å². The fraction of sp³-hybridized carbons (Fsp3) is 0.571. The highest BCUT2D eigenvalue weighted by molar-refractivity contribution is 5.39. The second-order valence-corrected chi connectivity index (χ2v) is 4.69. The zero-order chi connectivity index (χ0) is 12.0. The van der Waals surface area contributed by atoms with E-state index in [1.54, 1.807) is 0 Å². The predicted octanol–water partition coefficient (Wildman–Crippen LogP) is 2.93. The molecule has 2 nitrogen and oxygen atoms in total. The Labute approximate surface area is 99.5 Å². The van der Waals surface area contributed by atoms with Crippen LogP contribution in [0.5, 0.6) is 0 Å². The lowest BCUT2D eigenvalue weighted by Crippen LogP contribution is -2.28. The van der Waals surface area contributed by atoms with Gasteiger partial charge in [-0.3, -0.25) is 0 Å². The van der Waals surface area contributed by atoms with E-state index in [1.807, 2.05) is 12.1 Å². The molecule has 90 valence electrons. The molecule has 0 aliphatic heterocycles. The van der Waals surface area contributed by atoms with Crippen molar-refractivity contribution in [2.75, 3.05) is 19.8 Å². The Morgan fingerprint density at radius 3 is 2.25 bits per heavy atom. The lowest BCUT2D eigenvalue weighted by atomic mass is 10.0. The molecule has 0 bridgehead atoms. The van der Waals surface area contributed by atoms with Crippen LogP contribution >= 0.6 is 0 Å². The molecular weight excluding hydrogens is 196 g/mol. The van der Waals surface area contributed by atoms with Crippen molar-refractivity contribution in [3.63, 3.8) is 0 Å². The minimum Gasteiger partial charge on any atom is -0.399 e. The van der Waals surface area contributed by atoms with Crippen LogP contribution in [0.3, 0.4) is 0 Å². The van der Waals surface area contributed by atoms with E-state index in [4.69, 9.17) is 5.73 Å². The van der Waals surface area contributed by atoms with E-state index in [9.17, 15) is 0 Å². The minimum absolute atomic E-state index is 0.697. The molecule has 0 heterocycles. The molecule has 0 fully saturated rings. The van der Waals surface area contributed by atoms with Crippen LogP contribution in [-0.2, 0) is 6.42 Å². The molecule has 0 amide bonds. The van der Waals surface area contributed by atoms with E-state index in [1.165, 1.54) is 24.8 Å². The lowest BCUT2D eigenvalue weighted by molar-refractivity contribution is 0.262. The predicted molar refractivity (Wildman–Crippen MR) is 71.6 cm³/mol. The number of nitrogen functional groups attached to an aromatic ring is 1. The Hall–Kier alpha value is -1.02. The molecule has 0 spiro atoms. The monoisotopic (exact) mass is 220 g/mol. The van der Waals surface area contributed by atoms with Gasteiger partial charge in [-0.1, -0.05) is 25.5 Å². The van der Waals surface area contributed by atoms with Crippen LogP contribution in [0.4, 0.5) is 5.69 Å². The van der Waals surface area contributed by atoms with E-state index in [-0.39, 0.29) is 0 Å². The maximum absolute atomic E-state index is 5.67. The molecule has 1 aromatic carbocycles. The van der Waals surface area contributed by atoms with E-state index in [0.717, 1.165) is 12.1 Å². The van der Waals surface area contributed by atoms with Crippen LogP contribution in [0, 0.1) is 0 Å². The third kappa shape index (κ3) is 4.23. The number of hydrogen-bond acceptors (Lipinski definition) is 2. The number of hydrogen-bond donors (Lipinski definition) is 1. The highest BCUT2D eigenvalue weighted by Gasteiger charge is 2.09. The highest BCUT2D eigenvalue weighted by Crippen LogP contribution is 2.13. The van der Waals surface area contributed by atoms with Crippen molar-refractivity contribution in [1.29, 1.82) is 0 Å². The fourth-order valence-corrected chi connectivity index (χ4v) is 2.01. The van der Waals surface area contributed by atoms with Crippen molar-refractivity contribution in [2.24, 2.45) is 0 Å². The van der Waals surface area contributed by atoms with Crippen LogP contribution in [0.2, 0.25) is 0 Å². The van der Waals surface area contributed by atoms with Gasteiger partial charge in [0.2, 0.25) is 0 Å². The van der Waals surface area contributed by atoms with Gasteiger partial charge in [-0.2, -0.15) is 0 Å². The first-order chi connectivity index (χ1) is 7.63. The van der Waals surface area contributed by atoms with Gasteiger partial charge in [0.25, 0.3) is 0 Å². The summed E-state index contributed by atoms with van der Waals surface area (Å²) in [5.41, 5.74) is 7.91. The summed E-state index contributed by atoms with van der Waals surface area (Å²) in [5, 5.41) is 0. The second kappa shape index (κ2) is 6.54. The summed E-state index contributed by atoms with van der Waals surface area (Å²) in [6.45, 7) is 2.25. The molecule has 1 atom stereocenters. The summed E-state index contributed by atoms with van der Waals surface area (Å²) < 4.78 is 0. The molecule has 0 aliphatic rings. The summed E-state index contributed by atoms with van der Waals surface area (Å²) >= 11 is 0. The van der Waals surface area contributed by atoms with Gasteiger partial charge in [0, 0.05) is 11.7 Å². The maximum atomic E-state index is 5.67. The van der Waals surface area contributed by atoms with Crippen molar-refractivity contribution in [2.45, 2.75) is 38.6 Å². The van der Waals surface area contributed by atoms with Crippen LogP contribution < -0.4 is 5.73 Å². The Balaban J connectivity index is 2.45. The van der Waals surface area contributed by atoms with Gasteiger partial charge in [-0.05, 0) is 51.1 Å². The molecule has 0 aliphatic carbocycles. The zero-order valence-electron chi connectivity index (χ0n) is 10.7. The van der Waals surface area contributed by atoms with Gasteiger partial charge >= 0.3 is 0 Å². The van der Waals surface area contributed by atoms with E-state index < -0.39 is 0 Å². The van der Waals surface area contributed by atoms with Gasteiger partial charge in [0.1, 0.15) is 0 Å². The van der Waals surface area contributed by atoms with Crippen molar-refractivity contribution < 1.29 is 0 Å². The first kappa shape index (κ1) is 13.0. The van der Waals surface area contributed by atoms with Crippen molar-refractivity contribution in [1.82, 2.24) is 4.90 Å². The molecule has 0 saturated carbocycles. The van der Waals surface area contributed by atoms with Gasteiger partial charge < -0.3 is 10.6 Å². The fourth-order valence-electron chi connectivity index (χ4n) is 2.01. The van der Waals surface area contributed by atoms with Crippen LogP contribution in [0.1, 0.15) is 31.7 Å². The Bertz CT molecular complexity index is 290. The average Bonchev–Trinajstić information content (AvgIpc) is 2.26. The topological polar surface area (TPSA) is 29.3 Å². The summed E-state index contributed by atoms with van der Waals surface area (Å²) in [7, 11) is 4.34. The van der Waals surface area contributed by atoms with Gasteiger partial charge in [0.15, 0.2) is 0 Å². The Morgan fingerprint density at radius 2 is 1.75 bits per heavy atom. The molecule has 1 rings (SSSR count). The number of anilines is 1. The Kier molecular flexibility index (Phi) is 5.33. The smallest absolute Gasteiger partial charge is 0.0314 e. The van der Waals surface area contributed by atoms with Crippen LogP contribution in [0.25, 0.3) is 0 Å². The van der Waals surface area contributed by atoms with E-state index in [0.29, 0.717) is 6.04 Å². The van der Waals surface area contributed by atoms with Crippen LogP contribution in [-0.4, -0.2) is 25.0 Å². The molecule has 16 heavy (non-hydrogen) atoms. The van der Waals surface area contributed by atoms with E-state index in [2.05, 4.69) is 38.1 Å². The minimum atomic E-state index is 0.697. The second-order valence-electron chi connectivity index (χ2n) is 4.69. The normalized spacial score (nSPS) is 13.0. The third-order valence-corrected chi connectivity index (χ3v) is 3.10. The summed E-state index contributed by atoms with van der Waals surface area (Å²) in [4.78, 5) is 2.33. The SMILES string of the molecule is CCCC(CCc1ccc(N)cc1)N(C)C. The van der Waals surface area contributed by atoms with Gasteiger partial charge in [0.05, 0.1) is 0 Å². The highest BCUT2D eigenvalue weighted by atomic mass is 15.1. The first-order valence-corrected chi connectivity index (χ1v) is 6.14.